The molecule has 1 aliphatic carbocycles. The third-order valence-electron chi connectivity index (χ3n) is 4.90. The first-order valence-electron chi connectivity index (χ1n) is 8.19. The van der Waals surface area contributed by atoms with E-state index in [-0.39, 0.29) is 0 Å². The van der Waals surface area contributed by atoms with Crippen LogP contribution in [0.15, 0.2) is 25.0 Å². The largest absolute Gasteiger partial charge is 0.481 e. The van der Waals surface area contributed by atoms with E-state index in [1.807, 2.05) is 23.2 Å². The van der Waals surface area contributed by atoms with Crippen LogP contribution in [0.1, 0.15) is 37.7 Å². The van der Waals surface area contributed by atoms with Gasteiger partial charge in [-0.1, -0.05) is 18.9 Å². The third kappa shape index (κ3) is 3.40. The van der Waals surface area contributed by atoms with E-state index in [4.69, 9.17) is 0 Å². The summed E-state index contributed by atoms with van der Waals surface area (Å²) in [5.41, 5.74) is 0.616. The molecule has 2 aliphatic rings. The van der Waals surface area contributed by atoms with E-state index in [1.54, 1.807) is 0 Å². The van der Waals surface area contributed by atoms with E-state index in [2.05, 4.69) is 16.6 Å². The first-order chi connectivity index (χ1) is 10.6. The molecule has 1 saturated carbocycles. The van der Waals surface area contributed by atoms with Crippen LogP contribution in [0.3, 0.4) is 0 Å². The molecular weight excluding hydrogens is 278 g/mol. The first kappa shape index (κ1) is 15.3. The van der Waals surface area contributed by atoms with Crippen molar-refractivity contribution in [1.29, 1.82) is 0 Å². The van der Waals surface area contributed by atoms with Crippen molar-refractivity contribution >= 4 is 5.97 Å². The molecule has 1 aromatic rings. The lowest BCUT2D eigenvalue weighted by atomic mass is 9.75. The molecule has 1 aromatic heterocycles. The molecule has 0 bridgehead atoms. The summed E-state index contributed by atoms with van der Waals surface area (Å²) in [5.74, 6) is 0.0397. The van der Waals surface area contributed by atoms with Crippen molar-refractivity contribution in [1.82, 2.24) is 14.7 Å². The summed E-state index contributed by atoms with van der Waals surface area (Å²) >= 11 is 0. The van der Waals surface area contributed by atoms with Gasteiger partial charge in [-0.25, -0.2) is 0 Å². The Morgan fingerprint density at radius 3 is 3.05 bits per heavy atom. The minimum Gasteiger partial charge on any atom is -0.481 e. The minimum absolute atomic E-state index is 0.531. The van der Waals surface area contributed by atoms with Gasteiger partial charge >= 0.3 is 5.97 Å². The number of aliphatic carboxylic acids is 1. The number of carbonyl (C=O) groups is 1. The predicted molar refractivity (Wildman–Crippen MR) is 84.3 cm³/mol. The topological polar surface area (TPSA) is 58.4 Å². The number of hydrogen-bond acceptors (Lipinski definition) is 3. The molecule has 0 aromatic carbocycles. The monoisotopic (exact) mass is 303 g/mol. The number of rotatable bonds is 7. The molecular formula is C17H25N3O2. The molecule has 5 heteroatoms. The fourth-order valence-electron chi connectivity index (χ4n) is 3.64. The van der Waals surface area contributed by atoms with E-state index in [9.17, 15) is 9.90 Å². The molecule has 0 radical (unpaired) electrons. The maximum Gasteiger partial charge on any atom is 0.310 e. The van der Waals surface area contributed by atoms with Crippen LogP contribution in [-0.2, 0) is 17.9 Å². The Bertz CT molecular complexity index is 550. The summed E-state index contributed by atoms with van der Waals surface area (Å²) in [6.07, 6.45) is 10.8. The lowest BCUT2D eigenvalue weighted by molar-refractivity contribution is -0.153. The fourth-order valence-corrected chi connectivity index (χ4v) is 3.64. The summed E-state index contributed by atoms with van der Waals surface area (Å²) in [7, 11) is 0. The number of allylic oxidation sites excluding steroid dienone is 1. The molecule has 1 saturated heterocycles. The Kier molecular flexibility index (Phi) is 4.34. The van der Waals surface area contributed by atoms with Gasteiger partial charge in [-0.2, -0.15) is 5.10 Å². The average Bonchev–Trinajstić information content (AvgIpc) is 3.18. The number of hydrogen-bond donors (Lipinski definition) is 1. The summed E-state index contributed by atoms with van der Waals surface area (Å²) < 4.78 is 1.86. The van der Waals surface area contributed by atoms with Gasteiger partial charge in [0, 0.05) is 24.8 Å². The number of nitrogens with zero attached hydrogens (tertiary/aromatic N) is 3. The Balaban J connectivity index is 1.65. The molecule has 1 N–H and O–H groups in total. The Labute approximate surface area is 131 Å². The van der Waals surface area contributed by atoms with Crippen molar-refractivity contribution in [2.24, 2.45) is 11.3 Å². The van der Waals surface area contributed by atoms with Gasteiger partial charge in [-0.05, 0) is 31.7 Å². The fraction of sp³-hybridized carbons (Fsp3) is 0.647. The van der Waals surface area contributed by atoms with Crippen LogP contribution in [0.2, 0.25) is 0 Å². The van der Waals surface area contributed by atoms with Gasteiger partial charge in [0.15, 0.2) is 0 Å². The SMILES string of the molecule is C=CCn1cc(CN2CCC[C@](CC3CC3)(C(=O)O)C2)cn1. The molecule has 0 unspecified atom stereocenters. The highest BCUT2D eigenvalue weighted by Crippen LogP contribution is 2.45. The molecule has 2 fully saturated rings. The lowest BCUT2D eigenvalue weighted by Gasteiger charge is -2.40. The highest BCUT2D eigenvalue weighted by atomic mass is 16.4. The summed E-state index contributed by atoms with van der Waals surface area (Å²) in [4.78, 5) is 14.2. The van der Waals surface area contributed by atoms with E-state index in [0.717, 1.165) is 37.9 Å². The van der Waals surface area contributed by atoms with Gasteiger partial charge < -0.3 is 5.11 Å². The second kappa shape index (κ2) is 6.24. The second-order valence-electron chi connectivity index (χ2n) is 6.91. The lowest BCUT2D eigenvalue weighted by Crippen LogP contribution is -2.47. The number of likely N-dealkylation sites (tertiary alicyclic amines) is 1. The smallest absolute Gasteiger partial charge is 0.310 e. The molecule has 0 spiro atoms. The zero-order valence-electron chi connectivity index (χ0n) is 13.1. The van der Waals surface area contributed by atoms with Crippen molar-refractivity contribution in [3.63, 3.8) is 0 Å². The van der Waals surface area contributed by atoms with Crippen LogP contribution in [0.25, 0.3) is 0 Å². The van der Waals surface area contributed by atoms with E-state index >= 15 is 0 Å². The second-order valence-corrected chi connectivity index (χ2v) is 6.91. The Morgan fingerprint density at radius 1 is 1.55 bits per heavy atom. The average molecular weight is 303 g/mol. The molecule has 1 aliphatic heterocycles. The molecule has 120 valence electrons. The van der Waals surface area contributed by atoms with Crippen molar-refractivity contribution < 1.29 is 9.90 Å². The Morgan fingerprint density at radius 2 is 2.36 bits per heavy atom. The number of aromatic nitrogens is 2. The van der Waals surface area contributed by atoms with Crippen LogP contribution in [0.5, 0.6) is 0 Å². The van der Waals surface area contributed by atoms with Crippen molar-refractivity contribution in [2.75, 3.05) is 13.1 Å². The zero-order chi connectivity index (χ0) is 15.6. The van der Waals surface area contributed by atoms with Crippen LogP contribution in [0.4, 0.5) is 0 Å². The third-order valence-corrected chi connectivity index (χ3v) is 4.90. The van der Waals surface area contributed by atoms with Crippen molar-refractivity contribution in [3.8, 4) is 0 Å². The maximum atomic E-state index is 11.9. The highest BCUT2D eigenvalue weighted by molar-refractivity contribution is 5.75. The molecule has 2 heterocycles. The van der Waals surface area contributed by atoms with Crippen LogP contribution < -0.4 is 0 Å². The number of piperidine rings is 1. The highest BCUT2D eigenvalue weighted by Gasteiger charge is 2.45. The number of carboxylic acids is 1. The standard InChI is InChI=1S/C17H25N3O2/c1-2-7-20-12-15(10-18-20)11-19-8-3-6-17(13-19,16(21)22)9-14-4-5-14/h2,10,12,14H,1,3-9,11,13H2,(H,21,22)/t17-/m1/s1. The van der Waals surface area contributed by atoms with E-state index in [1.165, 1.54) is 12.8 Å². The molecule has 1 atom stereocenters. The summed E-state index contributed by atoms with van der Waals surface area (Å²) in [5, 5.41) is 14.1. The molecule has 0 amide bonds. The van der Waals surface area contributed by atoms with E-state index in [0.29, 0.717) is 19.0 Å². The Hall–Kier alpha value is -1.62. The predicted octanol–water partition coefficient (Wildman–Crippen LogP) is 2.54. The van der Waals surface area contributed by atoms with Crippen molar-refractivity contribution in [3.05, 3.63) is 30.6 Å². The first-order valence-corrected chi connectivity index (χ1v) is 8.19. The van der Waals surface area contributed by atoms with Gasteiger partial charge in [-0.3, -0.25) is 14.4 Å². The molecule has 5 nitrogen and oxygen atoms in total. The minimum atomic E-state index is -0.605. The van der Waals surface area contributed by atoms with Crippen molar-refractivity contribution in [2.45, 2.75) is 45.2 Å². The molecule has 22 heavy (non-hydrogen) atoms. The van der Waals surface area contributed by atoms with Gasteiger partial charge in [0.2, 0.25) is 0 Å². The zero-order valence-corrected chi connectivity index (χ0v) is 13.1. The van der Waals surface area contributed by atoms with Gasteiger partial charge in [0.05, 0.1) is 18.2 Å². The summed E-state index contributed by atoms with van der Waals surface area (Å²) in [6, 6.07) is 0. The summed E-state index contributed by atoms with van der Waals surface area (Å²) in [6.45, 7) is 6.86. The quantitative estimate of drug-likeness (QED) is 0.786. The molecule has 3 rings (SSSR count). The van der Waals surface area contributed by atoms with Crippen LogP contribution in [0, 0.1) is 11.3 Å². The van der Waals surface area contributed by atoms with Gasteiger partial charge in [-0.15, -0.1) is 6.58 Å². The van der Waals surface area contributed by atoms with E-state index < -0.39 is 11.4 Å². The number of carboxylic acid groups (broad SMARTS) is 1. The van der Waals surface area contributed by atoms with Gasteiger partial charge in [0.25, 0.3) is 0 Å². The van der Waals surface area contributed by atoms with Crippen LogP contribution in [-0.4, -0.2) is 38.8 Å². The van der Waals surface area contributed by atoms with Crippen LogP contribution >= 0.6 is 0 Å². The normalized spacial score (nSPS) is 26.0. The van der Waals surface area contributed by atoms with Gasteiger partial charge in [0.1, 0.15) is 0 Å². The maximum absolute atomic E-state index is 11.9.